The van der Waals surface area contributed by atoms with Crippen molar-refractivity contribution in [1.29, 1.82) is 0 Å². The maximum atomic E-state index is 12.6. The van der Waals surface area contributed by atoms with Crippen LogP contribution in [0.25, 0.3) is 0 Å². The van der Waals surface area contributed by atoms with Gasteiger partial charge >= 0.3 is 0 Å². The summed E-state index contributed by atoms with van der Waals surface area (Å²) in [4.78, 5) is 23.0. The molecule has 0 fully saturated rings. The van der Waals surface area contributed by atoms with Crippen LogP contribution in [0.4, 0.5) is 5.69 Å². The number of hydrogen-bond donors (Lipinski definition) is 1. The van der Waals surface area contributed by atoms with Crippen LogP contribution < -0.4 is 14.8 Å². The van der Waals surface area contributed by atoms with E-state index < -0.39 is 10.8 Å². The number of ether oxygens (including phenoxy) is 2. The molecule has 0 aliphatic carbocycles. The fraction of sp³-hybridized carbons (Fsp3) is 0.278. The van der Waals surface area contributed by atoms with E-state index in [1.54, 1.807) is 6.07 Å². The summed E-state index contributed by atoms with van der Waals surface area (Å²) in [6.07, 6.45) is 0.623. The standard InChI is InChI=1S/C18H17ClN2O5/c1-2-15(11-3-6-16-17(9-11)26-8-7-25-16)20-18(22)13-10-12(21(23)24)4-5-14(13)19/h3-6,9-10,15H,2,7-8H2,1H3,(H,20,22). The second-order valence-corrected chi connectivity index (χ2v) is 6.17. The molecule has 7 nitrogen and oxygen atoms in total. The predicted octanol–water partition coefficient (Wildman–Crippen LogP) is 3.90. The van der Waals surface area contributed by atoms with Crippen molar-refractivity contribution in [2.45, 2.75) is 19.4 Å². The first-order chi connectivity index (χ1) is 12.5. The third-order valence-electron chi connectivity index (χ3n) is 4.09. The van der Waals surface area contributed by atoms with Gasteiger partial charge in [0.15, 0.2) is 11.5 Å². The van der Waals surface area contributed by atoms with E-state index in [9.17, 15) is 14.9 Å². The summed E-state index contributed by atoms with van der Waals surface area (Å²) in [5.74, 6) is 0.832. The Morgan fingerprint density at radius 2 is 1.96 bits per heavy atom. The molecule has 1 unspecified atom stereocenters. The highest BCUT2D eigenvalue weighted by molar-refractivity contribution is 6.34. The highest BCUT2D eigenvalue weighted by atomic mass is 35.5. The molecule has 2 aromatic rings. The number of carbonyl (C=O) groups is 1. The van der Waals surface area contributed by atoms with Crippen LogP contribution >= 0.6 is 11.6 Å². The smallest absolute Gasteiger partial charge is 0.270 e. The summed E-state index contributed by atoms with van der Waals surface area (Å²) in [6, 6.07) is 8.98. The highest BCUT2D eigenvalue weighted by Gasteiger charge is 2.21. The van der Waals surface area contributed by atoms with Gasteiger partial charge in [-0.2, -0.15) is 0 Å². The van der Waals surface area contributed by atoms with Crippen molar-refractivity contribution >= 4 is 23.2 Å². The maximum absolute atomic E-state index is 12.6. The quantitative estimate of drug-likeness (QED) is 0.631. The summed E-state index contributed by atoms with van der Waals surface area (Å²) in [7, 11) is 0. The zero-order chi connectivity index (χ0) is 18.7. The molecule has 0 radical (unpaired) electrons. The van der Waals surface area contributed by atoms with Gasteiger partial charge < -0.3 is 14.8 Å². The molecule has 2 aromatic carbocycles. The number of carbonyl (C=O) groups excluding carboxylic acids is 1. The van der Waals surface area contributed by atoms with Gasteiger partial charge in [0, 0.05) is 12.1 Å². The van der Waals surface area contributed by atoms with Gasteiger partial charge in [0.1, 0.15) is 13.2 Å². The van der Waals surface area contributed by atoms with E-state index in [0.717, 1.165) is 5.56 Å². The Kier molecular flexibility index (Phi) is 5.27. The second kappa shape index (κ2) is 7.61. The van der Waals surface area contributed by atoms with Gasteiger partial charge in [-0.05, 0) is 30.2 Å². The Labute approximate surface area is 155 Å². The lowest BCUT2D eigenvalue weighted by atomic mass is 10.0. The Morgan fingerprint density at radius 1 is 1.23 bits per heavy atom. The number of hydrogen-bond acceptors (Lipinski definition) is 5. The minimum atomic E-state index is -0.564. The number of fused-ring (bicyclic) bond motifs is 1. The van der Waals surface area contributed by atoms with Gasteiger partial charge in [0.05, 0.1) is 21.6 Å². The Bertz CT molecular complexity index is 855. The van der Waals surface area contributed by atoms with Crippen LogP contribution in [0.3, 0.4) is 0 Å². The minimum Gasteiger partial charge on any atom is -0.486 e. The molecule has 8 heteroatoms. The molecule has 1 amide bonds. The molecule has 1 heterocycles. The van der Waals surface area contributed by atoms with Crippen molar-refractivity contribution in [1.82, 2.24) is 5.32 Å². The third-order valence-corrected chi connectivity index (χ3v) is 4.42. The van der Waals surface area contributed by atoms with Crippen molar-refractivity contribution < 1.29 is 19.2 Å². The molecular formula is C18H17ClN2O5. The summed E-state index contributed by atoms with van der Waals surface area (Å²) in [5.41, 5.74) is 0.732. The molecule has 0 aromatic heterocycles. The summed E-state index contributed by atoms with van der Waals surface area (Å²) < 4.78 is 11.1. The zero-order valence-corrected chi connectivity index (χ0v) is 14.8. The topological polar surface area (TPSA) is 90.7 Å². The van der Waals surface area contributed by atoms with Gasteiger partial charge in [-0.3, -0.25) is 14.9 Å². The summed E-state index contributed by atoms with van der Waals surface area (Å²) >= 11 is 6.04. The number of nitro benzene ring substituents is 1. The molecule has 1 aliphatic rings. The number of halogens is 1. The first kappa shape index (κ1) is 18.0. The van der Waals surface area contributed by atoms with Crippen LogP contribution in [-0.2, 0) is 0 Å². The Balaban J connectivity index is 1.83. The van der Waals surface area contributed by atoms with Crippen LogP contribution in [-0.4, -0.2) is 24.0 Å². The number of nitrogens with one attached hydrogen (secondary N) is 1. The molecule has 26 heavy (non-hydrogen) atoms. The molecule has 1 aliphatic heterocycles. The first-order valence-corrected chi connectivity index (χ1v) is 8.51. The van der Waals surface area contributed by atoms with Crippen LogP contribution in [0.15, 0.2) is 36.4 Å². The van der Waals surface area contributed by atoms with Crippen molar-refractivity contribution in [3.05, 3.63) is 62.7 Å². The molecule has 1 atom stereocenters. The third kappa shape index (κ3) is 3.72. The van der Waals surface area contributed by atoms with Crippen LogP contribution in [0.1, 0.15) is 35.3 Å². The fourth-order valence-corrected chi connectivity index (χ4v) is 2.94. The van der Waals surface area contributed by atoms with Gasteiger partial charge in [-0.25, -0.2) is 0 Å². The molecule has 0 saturated heterocycles. The average molecular weight is 377 g/mol. The van der Waals surface area contributed by atoms with E-state index in [1.165, 1.54) is 18.2 Å². The van der Waals surface area contributed by atoms with Gasteiger partial charge in [0.25, 0.3) is 11.6 Å². The highest BCUT2D eigenvalue weighted by Crippen LogP contribution is 2.33. The number of nitro groups is 1. The molecule has 0 bridgehead atoms. The normalized spacial score (nSPS) is 13.8. The number of nitrogens with zero attached hydrogens (tertiary/aromatic N) is 1. The van der Waals surface area contributed by atoms with Gasteiger partial charge in [-0.15, -0.1) is 0 Å². The van der Waals surface area contributed by atoms with E-state index in [2.05, 4.69) is 5.32 Å². The lowest BCUT2D eigenvalue weighted by Gasteiger charge is -2.22. The van der Waals surface area contributed by atoms with Gasteiger partial charge in [0.2, 0.25) is 0 Å². The van der Waals surface area contributed by atoms with Gasteiger partial charge in [-0.1, -0.05) is 24.6 Å². The molecular weight excluding hydrogens is 360 g/mol. The maximum Gasteiger partial charge on any atom is 0.270 e. The largest absolute Gasteiger partial charge is 0.486 e. The van der Waals surface area contributed by atoms with Crippen molar-refractivity contribution in [2.24, 2.45) is 0 Å². The van der Waals surface area contributed by atoms with E-state index in [0.29, 0.717) is 31.1 Å². The lowest BCUT2D eigenvalue weighted by Crippen LogP contribution is -2.28. The molecule has 0 saturated carbocycles. The summed E-state index contributed by atoms with van der Waals surface area (Å²) in [5, 5.41) is 14.0. The van der Waals surface area contributed by atoms with Crippen LogP contribution in [0.2, 0.25) is 5.02 Å². The fourth-order valence-electron chi connectivity index (χ4n) is 2.73. The first-order valence-electron chi connectivity index (χ1n) is 8.14. The van der Waals surface area contributed by atoms with Crippen molar-refractivity contribution in [3.8, 4) is 11.5 Å². The lowest BCUT2D eigenvalue weighted by molar-refractivity contribution is -0.384. The van der Waals surface area contributed by atoms with E-state index in [4.69, 9.17) is 21.1 Å². The van der Waals surface area contributed by atoms with Crippen LogP contribution in [0.5, 0.6) is 11.5 Å². The number of amides is 1. The van der Waals surface area contributed by atoms with E-state index >= 15 is 0 Å². The van der Waals surface area contributed by atoms with Crippen molar-refractivity contribution in [2.75, 3.05) is 13.2 Å². The monoisotopic (exact) mass is 376 g/mol. The second-order valence-electron chi connectivity index (χ2n) is 5.76. The van der Waals surface area contributed by atoms with Crippen molar-refractivity contribution in [3.63, 3.8) is 0 Å². The minimum absolute atomic E-state index is 0.0665. The molecule has 0 spiro atoms. The zero-order valence-electron chi connectivity index (χ0n) is 14.0. The predicted molar refractivity (Wildman–Crippen MR) is 96.0 cm³/mol. The SMILES string of the molecule is CCC(NC(=O)c1cc([N+](=O)[O-])ccc1Cl)c1ccc2c(c1)OCCO2. The average Bonchev–Trinajstić information content (AvgIpc) is 2.65. The van der Waals surface area contributed by atoms with E-state index in [-0.39, 0.29) is 22.3 Å². The number of non-ortho nitro benzene ring substituents is 1. The number of rotatable bonds is 5. The molecule has 136 valence electrons. The number of benzene rings is 2. The molecule has 3 rings (SSSR count). The Morgan fingerprint density at radius 3 is 2.65 bits per heavy atom. The van der Waals surface area contributed by atoms with Crippen LogP contribution in [0, 0.1) is 10.1 Å². The summed E-state index contributed by atoms with van der Waals surface area (Å²) in [6.45, 7) is 2.91. The Hall–Kier alpha value is -2.80. The molecule has 1 N–H and O–H groups in total. The van der Waals surface area contributed by atoms with E-state index in [1.807, 2.05) is 19.1 Å².